The molecule has 2 aromatic heterocycles. The fourth-order valence-electron chi connectivity index (χ4n) is 3.20. The van der Waals surface area contributed by atoms with E-state index in [2.05, 4.69) is 36.1 Å². The molecule has 4 rings (SSSR count). The number of hydrogen-bond donors (Lipinski definition) is 0. The smallest absolute Gasteiger partial charge is 0.291 e. The van der Waals surface area contributed by atoms with Gasteiger partial charge in [-0.2, -0.15) is 9.50 Å². The molecule has 0 aliphatic rings. The predicted molar refractivity (Wildman–Crippen MR) is 122 cm³/mol. The van der Waals surface area contributed by atoms with Crippen LogP contribution in [0.15, 0.2) is 53.3 Å². The summed E-state index contributed by atoms with van der Waals surface area (Å²) >= 11 is 1.36. The van der Waals surface area contributed by atoms with Crippen molar-refractivity contribution in [3.8, 4) is 17.1 Å². The zero-order valence-corrected chi connectivity index (χ0v) is 18.1. The van der Waals surface area contributed by atoms with Crippen LogP contribution in [0.4, 0.5) is 0 Å². The Bertz CT molecular complexity index is 1220. The van der Waals surface area contributed by atoms with Gasteiger partial charge in [-0.15, -0.1) is 5.10 Å². The van der Waals surface area contributed by atoms with Crippen molar-refractivity contribution >= 4 is 22.4 Å². The number of aromatic nitrogens is 3. The molecule has 4 aromatic rings. The van der Waals surface area contributed by atoms with Crippen LogP contribution in [-0.4, -0.2) is 21.2 Å². The van der Waals surface area contributed by atoms with Crippen molar-refractivity contribution in [3.05, 3.63) is 74.5 Å². The molecule has 0 saturated heterocycles. The lowest BCUT2D eigenvalue weighted by Gasteiger charge is -2.05. The first-order valence-electron chi connectivity index (χ1n) is 10.4. The van der Waals surface area contributed by atoms with Gasteiger partial charge in [0.1, 0.15) is 5.75 Å². The van der Waals surface area contributed by atoms with Crippen LogP contribution in [0, 0.1) is 0 Å². The monoisotopic (exact) mass is 419 g/mol. The first-order chi connectivity index (χ1) is 14.7. The average molecular weight is 420 g/mol. The second kappa shape index (κ2) is 9.22. The Morgan fingerprint density at radius 2 is 1.80 bits per heavy atom. The summed E-state index contributed by atoms with van der Waals surface area (Å²) in [5.74, 6) is 1.39. The van der Waals surface area contributed by atoms with Crippen LogP contribution in [0.25, 0.3) is 22.4 Å². The maximum Gasteiger partial charge on any atom is 0.291 e. The molecular formula is C24H25N3O2S. The van der Waals surface area contributed by atoms with Gasteiger partial charge in [-0.3, -0.25) is 4.79 Å². The number of hydrogen-bond acceptors (Lipinski definition) is 5. The van der Waals surface area contributed by atoms with Crippen LogP contribution < -0.4 is 14.8 Å². The van der Waals surface area contributed by atoms with Crippen molar-refractivity contribution in [3.63, 3.8) is 0 Å². The highest BCUT2D eigenvalue weighted by atomic mass is 32.1. The van der Waals surface area contributed by atoms with Crippen LogP contribution in [-0.2, 0) is 6.42 Å². The molecular weight excluding hydrogens is 394 g/mol. The number of fused-ring (bicyclic) bond motifs is 1. The van der Waals surface area contributed by atoms with Gasteiger partial charge in [-0.1, -0.05) is 62.3 Å². The summed E-state index contributed by atoms with van der Waals surface area (Å²) in [7, 11) is 0. The van der Waals surface area contributed by atoms with Gasteiger partial charge in [0, 0.05) is 5.56 Å². The lowest BCUT2D eigenvalue weighted by Crippen LogP contribution is -2.23. The molecule has 0 aliphatic heterocycles. The van der Waals surface area contributed by atoms with E-state index in [1.54, 1.807) is 0 Å². The third-order valence-corrected chi connectivity index (χ3v) is 5.96. The summed E-state index contributed by atoms with van der Waals surface area (Å²) < 4.78 is 7.78. The molecule has 5 nitrogen and oxygen atoms in total. The van der Waals surface area contributed by atoms with E-state index >= 15 is 0 Å². The van der Waals surface area contributed by atoms with E-state index in [9.17, 15) is 4.79 Å². The highest BCUT2D eigenvalue weighted by molar-refractivity contribution is 7.15. The lowest BCUT2D eigenvalue weighted by molar-refractivity contribution is 0.306. The summed E-state index contributed by atoms with van der Waals surface area (Å²) in [6.07, 6.45) is 6.31. The standard InChI is InChI=1S/C24H25N3O2S/c1-3-5-6-15-29-20-13-11-19(12-14-20)22-25-24-27(26-22)23(28)21(30-24)16-18-9-7-17(4-2)8-10-18/h7-14,16H,3-6,15H2,1-2H3/b21-16+. The topological polar surface area (TPSA) is 56.5 Å². The highest BCUT2D eigenvalue weighted by Gasteiger charge is 2.12. The van der Waals surface area contributed by atoms with E-state index < -0.39 is 0 Å². The van der Waals surface area contributed by atoms with Crippen LogP contribution in [0.1, 0.15) is 44.2 Å². The van der Waals surface area contributed by atoms with Crippen molar-refractivity contribution in [1.82, 2.24) is 14.6 Å². The maximum absolute atomic E-state index is 12.7. The molecule has 154 valence electrons. The molecule has 6 heteroatoms. The number of benzene rings is 2. The fourth-order valence-corrected chi connectivity index (χ4v) is 4.11. The number of unbranched alkanes of at least 4 members (excludes halogenated alkanes) is 2. The zero-order valence-electron chi connectivity index (χ0n) is 17.3. The minimum atomic E-state index is -0.135. The Labute approximate surface area is 179 Å². The Morgan fingerprint density at radius 3 is 2.47 bits per heavy atom. The number of thiazole rings is 1. The summed E-state index contributed by atoms with van der Waals surface area (Å²) in [4.78, 5) is 17.9. The predicted octanol–water partition coefficient (Wildman–Crippen LogP) is 4.50. The number of aryl methyl sites for hydroxylation is 1. The van der Waals surface area contributed by atoms with Crippen molar-refractivity contribution in [1.29, 1.82) is 0 Å². The zero-order chi connectivity index (χ0) is 20.9. The van der Waals surface area contributed by atoms with E-state index in [-0.39, 0.29) is 5.56 Å². The van der Waals surface area contributed by atoms with E-state index in [4.69, 9.17) is 4.74 Å². The van der Waals surface area contributed by atoms with Crippen molar-refractivity contribution < 1.29 is 4.74 Å². The Balaban J connectivity index is 1.54. The van der Waals surface area contributed by atoms with Crippen LogP contribution in [0.3, 0.4) is 0 Å². The summed E-state index contributed by atoms with van der Waals surface area (Å²) in [6, 6.07) is 16.0. The van der Waals surface area contributed by atoms with Gasteiger partial charge in [0.25, 0.3) is 5.56 Å². The lowest BCUT2D eigenvalue weighted by atomic mass is 10.1. The molecule has 0 saturated carbocycles. The van der Waals surface area contributed by atoms with Crippen LogP contribution in [0.2, 0.25) is 0 Å². The molecule has 0 atom stereocenters. The molecule has 2 aromatic carbocycles. The van der Waals surface area contributed by atoms with Crippen molar-refractivity contribution in [2.45, 2.75) is 39.5 Å². The molecule has 2 heterocycles. The second-order valence-corrected chi connectivity index (χ2v) is 8.23. The van der Waals surface area contributed by atoms with Crippen molar-refractivity contribution in [2.24, 2.45) is 0 Å². The summed E-state index contributed by atoms with van der Waals surface area (Å²) in [6.45, 7) is 5.03. The molecule has 0 spiro atoms. The Hall–Kier alpha value is -2.99. The molecule has 0 unspecified atom stereocenters. The molecule has 30 heavy (non-hydrogen) atoms. The molecule has 0 radical (unpaired) electrons. The largest absolute Gasteiger partial charge is 0.494 e. The third kappa shape index (κ3) is 4.44. The maximum atomic E-state index is 12.7. The van der Waals surface area contributed by atoms with Crippen LogP contribution in [0.5, 0.6) is 5.75 Å². The number of nitrogens with zero attached hydrogens (tertiary/aromatic N) is 3. The number of ether oxygens (including phenoxy) is 1. The van der Waals surface area contributed by atoms with Crippen LogP contribution >= 0.6 is 11.3 Å². The van der Waals surface area contributed by atoms with E-state index in [1.165, 1.54) is 34.3 Å². The molecule has 0 aliphatic carbocycles. The minimum absolute atomic E-state index is 0.135. The van der Waals surface area contributed by atoms with Gasteiger partial charge in [-0.25, -0.2) is 0 Å². The second-order valence-electron chi connectivity index (χ2n) is 7.22. The summed E-state index contributed by atoms with van der Waals surface area (Å²) in [5, 5.41) is 4.43. The fraction of sp³-hybridized carbons (Fsp3) is 0.292. The number of rotatable bonds is 8. The normalized spacial score (nSPS) is 12.0. The van der Waals surface area contributed by atoms with Gasteiger partial charge in [0.15, 0.2) is 5.82 Å². The first kappa shape index (κ1) is 20.3. The molecule has 0 fully saturated rings. The van der Waals surface area contributed by atoms with Gasteiger partial charge < -0.3 is 4.74 Å². The van der Waals surface area contributed by atoms with E-state index in [1.807, 2.05) is 42.5 Å². The molecule has 0 bridgehead atoms. The minimum Gasteiger partial charge on any atom is -0.494 e. The Morgan fingerprint density at radius 1 is 1.03 bits per heavy atom. The van der Waals surface area contributed by atoms with Gasteiger partial charge in [0.2, 0.25) is 4.96 Å². The van der Waals surface area contributed by atoms with Gasteiger partial charge in [-0.05, 0) is 54.3 Å². The van der Waals surface area contributed by atoms with Gasteiger partial charge >= 0.3 is 0 Å². The molecule has 0 amide bonds. The van der Waals surface area contributed by atoms with E-state index in [0.717, 1.165) is 36.3 Å². The highest BCUT2D eigenvalue weighted by Crippen LogP contribution is 2.20. The SMILES string of the molecule is CCCCCOc1ccc(-c2nc3s/c(=C/c4ccc(CC)cc4)c(=O)n3n2)cc1. The first-order valence-corrected chi connectivity index (χ1v) is 11.2. The summed E-state index contributed by atoms with van der Waals surface area (Å²) in [5.41, 5.74) is 3.01. The molecule has 0 N–H and O–H groups in total. The third-order valence-electron chi connectivity index (χ3n) is 5.00. The Kier molecular flexibility index (Phi) is 6.23. The quantitative estimate of drug-likeness (QED) is 0.395. The average Bonchev–Trinajstić information content (AvgIpc) is 3.32. The van der Waals surface area contributed by atoms with Crippen molar-refractivity contribution in [2.75, 3.05) is 6.61 Å². The van der Waals surface area contributed by atoms with Gasteiger partial charge in [0.05, 0.1) is 11.1 Å². The van der Waals surface area contributed by atoms with E-state index in [0.29, 0.717) is 15.3 Å².